The molecule has 0 bridgehead atoms. The van der Waals surface area contributed by atoms with Gasteiger partial charge in [-0.1, -0.05) is 29.0 Å². The molecule has 3 rings (SSSR count). The van der Waals surface area contributed by atoms with Gasteiger partial charge >= 0.3 is 0 Å². The van der Waals surface area contributed by atoms with E-state index in [-0.39, 0.29) is 0 Å². The van der Waals surface area contributed by atoms with Crippen molar-refractivity contribution in [2.45, 2.75) is 32.4 Å². The first-order chi connectivity index (χ1) is 8.72. The maximum Gasteiger partial charge on any atom is 0.147 e. The van der Waals surface area contributed by atoms with E-state index in [1.807, 2.05) is 19.1 Å². The lowest BCUT2D eigenvalue weighted by atomic mass is 10.1. The van der Waals surface area contributed by atoms with Gasteiger partial charge in [-0.2, -0.15) is 0 Å². The van der Waals surface area contributed by atoms with Crippen molar-refractivity contribution in [2.75, 3.05) is 0 Å². The van der Waals surface area contributed by atoms with Gasteiger partial charge in [0.2, 0.25) is 0 Å². The number of benzene rings is 1. The molecule has 0 atom stereocenters. The summed E-state index contributed by atoms with van der Waals surface area (Å²) in [6, 6.07) is 6.67. The van der Waals surface area contributed by atoms with Crippen molar-refractivity contribution in [3.05, 3.63) is 33.8 Å². The number of halogens is 1. The van der Waals surface area contributed by atoms with E-state index in [0.29, 0.717) is 6.04 Å². The Bertz CT molecular complexity index is 563. The van der Waals surface area contributed by atoms with Crippen molar-refractivity contribution in [1.82, 2.24) is 15.5 Å². The summed E-state index contributed by atoms with van der Waals surface area (Å²) in [4.78, 5) is 0. The molecule has 5 heteroatoms. The second-order valence-corrected chi connectivity index (χ2v) is 6.09. The molecule has 0 saturated heterocycles. The van der Waals surface area contributed by atoms with Gasteiger partial charge in [-0.15, -0.1) is 10.2 Å². The Morgan fingerprint density at radius 3 is 2.94 bits per heavy atom. The molecule has 0 radical (unpaired) electrons. The van der Waals surface area contributed by atoms with Crippen LogP contribution in [0.25, 0.3) is 10.6 Å². The average molecular weight is 280 g/mol. The second kappa shape index (κ2) is 4.96. The minimum Gasteiger partial charge on any atom is -0.308 e. The molecular weight excluding hydrogens is 266 g/mol. The van der Waals surface area contributed by atoms with Gasteiger partial charge in [0, 0.05) is 23.2 Å². The number of nitrogens with one attached hydrogen (secondary N) is 1. The van der Waals surface area contributed by atoms with Crippen molar-refractivity contribution in [2.24, 2.45) is 0 Å². The summed E-state index contributed by atoms with van der Waals surface area (Å²) >= 11 is 7.66. The van der Waals surface area contributed by atoms with Crippen molar-refractivity contribution >= 4 is 22.9 Å². The van der Waals surface area contributed by atoms with Gasteiger partial charge in [-0.05, 0) is 37.5 Å². The number of rotatable bonds is 4. The van der Waals surface area contributed by atoms with Crippen LogP contribution in [0.2, 0.25) is 5.02 Å². The predicted molar refractivity (Wildman–Crippen MR) is 75.0 cm³/mol. The fraction of sp³-hybridized carbons (Fsp3) is 0.385. The lowest BCUT2D eigenvalue weighted by molar-refractivity contribution is 0.679. The normalized spacial score (nSPS) is 15.0. The lowest BCUT2D eigenvalue weighted by Gasteiger charge is -1.99. The molecule has 0 aliphatic heterocycles. The molecule has 1 aliphatic rings. The first-order valence-electron chi connectivity index (χ1n) is 6.04. The van der Waals surface area contributed by atoms with Crippen LogP contribution in [-0.4, -0.2) is 16.2 Å². The van der Waals surface area contributed by atoms with Crippen LogP contribution in [0.15, 0.2) is 18.2 Å². The molecular formula is C13H14ClN3S. The van der Waals surface area contributed by atoms with Gasteiger partial charge < -0.3 is 5.32 Å². The molecule has 1 aliphatic carbocycles. The van der Waals surface area contributed by atoms with E-state index >= 15 is 0 Å². The number of hydrogen-bond acceptors (Lipinski definition) is 4. The van der Waals surface area contributed by atoms with E-state index in [2.05, 4.69) is 21.6 Å². The first-order valence-corrected chi connectivity index (χ1v) is 7.24. The van der Waals surface area contributed by atoms with Crippen LogP contribution in [0.1, 0.15) is 23.4 Å². The monoisotopic (exact) mass is 279 g/mol. The smallest absolute Gasteiger partial charge is 0.147 e. The van der Waals surface area contributed by atoms with E-state index in [4.69, 9.17) is 11.6 Å². The van der Waals surface area contributed by atoms with Gasteiger partial charge in [-0.25, -0.2) is 0 Å². The number of nitrogens with zero attached hydrogens (tertiary/aromatic N) is 2. The molecule has 94 valence electrons. The van der Waals surface area contributed by atoms with Gasteiger partial charge in [0.15, 0.2) is 0 Å². The molecule has 0 spiro atoms. The fourth-order valence-corrected chi connectivity index (χ4v) is 2.64. The quantitative estimate of drug-likeness (QED) is 0.932. The summed E-state index contributed by atoms with van der Waals surface area (Å²) in [5.74, 6) is 0. The largest absolute Gasteiger partial charge is 0.308 e. The van der Waals surface area contributed by atoms with E-state index in [9.17, 15) is 0 Å². The maximum absolute atomic E-state index is 6.02. The zero-order valence-corrected chi connectivity index (χ0v) is 11.7. The highest BCUT2D eigenvalue weighted by Crippen LogP contribution is 2.27. The van der Waals surface area contributed by atoms with Gasteiger partial charge in [0.25, 0.3) is 0 Å². The molecule has 0 unspecified atom stereocenters. The Hall–Kier alpha value is -0.970. The third-order valence-electron chi connectivity index (χ3n) is 2.99. The van der Waals surface area contributed by atoms with Crippen molar-refractivity contribution in [3.63, 3.8) is 0 Å². The van der Waals surface area contributed by atoms with Gasteiger partial charge in [-0.3, -0.25) is 0 Å². The Labute approximate surface area is 115 Å². The Morgan fingerprint density at radius 1 is 1.39 bits per heavy atom. The summed E-state index contributed by atoms with van der Waals surface area (Å²) in [6.07, 6.45) is 2.59. The summed E-state index contributed by atoms with van der Waals surface area (Å²) in [6.45, 7) is 2.83. The molecule has 3 nitrogen and oxygen atoms in total. The lowest BCUT2D eigenvalue weighted by Crippen LogP contribution is -2.14. The van der Waals surface area contributed by atoms with Crippen LogP contribution in [0.5, 0.6) is 0 Å². The molecule has 1 heterocycles. The van der Waals surface area contributed by atoms with Gasteiger partial charge in [0.05, 0.1) is 0 Å². The third-order valence-corrected chi connectivity index (χ3v) is 4.39. The zero-order chi connectivity index (χ0) is 12.5. The first kappa shape index (κ1) is 12.1. The SMILES string of the molecule is Cc1cc(-c2nnc(CNC3CC3)s2)ccc1Cl. The summed E-state index contributed by atoms with van der Waals surface area (Å²) in [5.41, 5.74) is 2.16. The minimum absolute atomic E-state index is 0.704. The van der Waals surface area contributed by atoms with E-state index in [1.54, 1.807) is 11.3 Å². The second-order valence-electron chi connectivity index (χ2n) is 4.62. The van der Waals surface area contributed by atoms with Crippen LogP contribution in [0.4, 0.5) is 0 Å². The molecule has 18 heavy (non-hydrogen) atoms. The standard InChI is InChI=1S/C13H14ClN3S/c1-8-6-9(2-5-11(8)14)13-17-16-12(18-13)7-15-10-3-4-10/h2,5-6,10,15H,3-4,7H2,1H3. The topological polar surface area (TPSA) is 37.8 Å². The molecule has 1 aromatic carbocycles. The van der Waals surface area contributed by atoms with Gasteiger partial charge in [0.1, 0.15) is 10.0 Å². The molecule has 1 fully saturated rings. The van der Waals surface area contributed by atoms with Crippen molar-refractivity contribution in [3.8, 4) is 10.6 Å². The van der Waals surface area contributed by atoms with E-state index in [1.165, 1.54) is 12.8 Å². The Kier molecular flexibility index (Phi) is 3.33. The summed E-state index contributed by atoms with van der Waals surface area (Å²) < 4.78 is 0. The van der Waals surface area contributed by atoms with Crippen LogP contribution < -0.4 is 5.32 Å². The van der Waals surface area contributed by atoms with Crippen LogP contribution >= 0.6 is 22.9 Å². The predicted octanol–water partition coefficient (Wildman–Crippen LogP) is 3.42. The Balaban J connectivity index is 1.76. The number of aromatic nitrogens is 2. The zero-order valence-electron chi connectivity index (χ0n) is 10.1. The minimum atomic E-state index is 0.704. The van der Waals surface area contributed by atoms with Crippen LogP contribution in [-0.2, 0) is 6.54 Å². The fourth-order valence-electron chi connectivity index (χ4n) is 1.74. The molecule has 0 amide bonds. The molecule has 1 aromatic heterocycles. The summed E-state index contributed by atoms with van der Waals surface area (Å²) in [5, 5.41) is 14.7. The van der Waals surface area contributed by atoms with Crippen LogP contribution in [0.3, 0.4) is 0 Å². The highest BCUT2D eigenvalue weighted by atomic mass is 35.5. The van der Waals surface area contributed by atoms with Crippen LogP contribution in [0, 0.1) is 6.92 Å². The van der Waals surface area contributed by atoms with E-state index in [0.717, 1.165) is 32.7 Å². The van der Waals surface area contributed by atoms with Crippen molar-refractivity contribution < 1.29 is 0 Å². The van der Waals surface area contributed by atoms with E-state index < -0.39 is 0 Å². The number of hydrogen-bond donors (Lipinski definition) is 1. The van der Waals surface area contributed by atoms with Crippen molar-refractivity contribution in [1.29, 1.82) is 0 Å². The highest BCUT2D eigenvalue weighted by Gasteiger charge is 2.20. The summed E-state index contributed by atoms with van der Waals surface area (Å²) in [7, 11) is 0. The molecule has 2 aromatic rings. The Morgan fingerprint density at radius 2 is 2.22 bits per heavy atom. The number of aryl methyl sites for hydroxylation is 1. The molecule has 1 saturated carbocycles. The average Bonchev–Trinajstić information content (AvgIpc) is 3.08. The highest BCUT2D eigenvalue weighted by molar-refractivity contribution is 7.14. The maximum atomic E-state index is 6.02. The molecule has 1 N–H and O–H groups in total. The third kappa shape index (κ3) is 2.71.